The number of rotatable bonds is 6. The van der Waals surface area contributed by atoms with Gasteiger partial charge in [-0.15, -0.1) is 23.5 Å². The van der Waals surface area contributed by atoms with Crippen molar-refractivity contribution < 1.29 is 0 Å². The molecule has 0 aromatic heterocycles. The Kier molecular flexibility index (Phi) is 6.88. The summed E-state index contributed by atoms with van der Waals surface area (Å²) in [5, 5.41) is 0. The fraction of sp³-hybridized carbons (Fsp3) is 0.143. The third-order valence-electron chi connectivity index (χ3n) is 3.89. The van der Waals surface area contributed by atoms with E-state index in [-0.39, 0.29) is 0 Å². The summed E-state index contributed by atoms with van der Waals surface area (Å²) >= 11 is 3.61. The monoisotopic (exact) mass is 400 g/mol. The van der Waals surface area contributed by atoms with Gasteiger partial charge in [-0.1, -0.05) is 70.1 Å². The van der Waals surface area contributed by atoms with E-state index in [4.69, 9.17) is 0 Å². The van der Waals surface area contributed by atoms with Gasteiger partial charge in [-0.2, -0.15) is 0 Å². The summed E-state index contributed by atoms with van der Waals surface area (Å²) in [4.78, 5) is 5.33. The molecule has 0 atom stereocenters. The minimum Gasteiger partial charge on any atom is -0.129 e. The smallest absolute Gasteiger partial charge is 0.0322 e. The summed E-state index contributed by atoms with van der Waals surface area (Å²) < 4.78 is 0. The fourth-order valence-corrected chi connectivity index (χ4v) is 6.79. The summed E-state index contributed by atoms with van der Waals surface area (Å²) in [5.41, 5.74) is 3.97. The van der Waals surface area contributed by atoms with Crippen LogP contribution in [0.25, 0.3) is 11.1 Å². The molecule has 0 radical (unpaired) electrons. The second-order valence-corrected chi connectivity index (χ2v) is 9.35. The molecule has 25 heavy (non-hydrogen) atoms. The van der Waals surface area contributed by atoms with Crippen molar-refractivity contribution in [3.05, 3.63) is 72.3 Å². The van der Waals surface area contributed by atoms with Crippen LogP contribution in [0, 0.1) is 6.92 Å². The van der Waals surface area contributed by atoms with E-state index in [0.717, 1.165) is 0 Å². The summed E-state index contributed by atoms with van der Waals surface area (Å²) in [6.45, 7) is 2.20. The zero-order chi connectivity index (χ0) is 17.6. The molecule has 0 N–H and O–H groups in total. The Morgan fingerprint density at radius 2 is 1.16 bits per heavy atom. The number of benzene rings is 3. The van der Waals surface area contributed by atoms with Crippen LogP contribution in [0.3, 0.4) is 0 Å². The van der Waals surface area contributed by atoms with Gasteiger partial charge in [-0.05, 0) is 54.3 Å². The van der Waals surface area contributed by atoms with E-state index >= 15 is 0 Å². The van der Waals surface area contributed by atoms with Gasteiger partial charge in [0.05, 0.1) is 0 Å². The molecule has 0 saturated carbocycles. The Hall–Kier alpha value is -0.940. The first kappa shape index (κ1) is 18.8. The predicted molar refractivity (Wildman–Crippen MR) is 118 cm³/mol. The van der Waals surface area contributed by atoms with Crippen molar-refractivity contribution >= 4 is 45.1 Å². The van der Waals surface area contributed by atoms with Gasteiger partial charge in [0.2, 0.25) is 0 Å². The molecule has 0 aliphatic carbocycles. The first-order chi connectivity index (χ1) is 12.2. The quantitative estimate of drug-likeness (QED) is 0.304. The molecule has 0 saturated heterocycles. The molecule has 3 rings (SSSR count). The summed E-state index contributed by atoms with van der Waals surface area (Å²) in [5.74, 6) is 0. The normalized spacial score (nSPS) is 10.8. The first-order valence-corrected chi connectivity index (χ1v) is 12.5. The van der Waals surface area contributed by atoms with Gasteiger partial charge in [0.1, 0.15) is 0 Å². The van der Waals surface area contributed by atoms with E-state index in [1.165, 1.54) is 36.3 Å². The van der Waals surface area contributed by atoms with Gasteiger partial charge in [-0.25, -0.2) is 0 Å². The molecular weight excluding hydrogens is 380 g/mol. The van der Waals surface area contributed by atoms with Crippen molar-refractivity contribution in [3.63, 3.8) is 0 Å². The van der Waals surface area contributed by atoms with Gasteiger partial charge in [0.25, 0.3) is 0 Å². The van der Waals surface area contributed by atoms with E-state index in [2.05, 4.69) is 86.2 Å². The lowest BCUT2D eigenvalue weighted by molar-refractivity contribution is 1.26. The van der Waals surface area contributed by atoms with E-state index in [1.807, 2.05) is 21.6 Å². The molecule has 128 valence electrons. The highest BCUT2D eigenvalue weighted by Crippen LogP contribution is 2.47. The maximum absolute atomic E-state index is 2.24. The molecule has 3 aromatic carbocycles. The molecule has 0 fully saturated rings. The van der Waals surface area contributed by atoms with Crippen LogP contribution < -0.4 is 0 Å². The maximum atomic E-state index is 2.24. The Labute approximate surface area is 167 Å². The zero-order valence-electron chi connectivity index (χ0n) is 14.5. The van der Waals surface area contributed by atoms with Crippen molar-refractivity contribution in [2.45, 2.75) is 26.5 Å². The van der Waals surface area contributed by atoms with Gasteiger partial charge >= 0.3 is 0 Å². The second-order valence-electron chi connectivity index (χ2n) is 5.47. The highest BCUT2D eigenvalue weighted by Gasteiger charge is 2.13. The molecular formula is C21H20S4. The molecule has 0 bridgehead atoms. The molecule has 3 aromatic rings. The zero-order valence-corrected chi connectivity index (χ0v) is 17.7. The Balaban J connectivity index is 1.97. The van der Waals surface area contributed by atoms with Crippen molar-refractivity contribution in [2.75, 3.05) is 12.5 Å². The van der Waals surface area contributed by atoms with Gasteiger partial charge < -0.3 is 0 Å². The third-order valence-corrected chi connectivity index (χ3v) is 8.23. The predicted octanol–water partition coefficient (Wildman–Crippen LogP) is 7.91. The van der Waals surface area contributed by atoms with Crippen LogP contribution in [-0.4, -0.2) is 12.5 Å². The lowest BCUT2D eigenvalue weighted by Crippen LogP contribution is -1.88. The van der Waals surface area contributed by atoms with E-state index in [1.54, 1.807) is 23.5 Å². The number of thioether (sulfide) groups is 2. The standard InChI is InChI=1S/C21H20S4/c1-15-9-8-11-17(16-10-4-5-12-18(16)22-2)21(15)25-24-20-14-7-6-13-19(20)23-3/h4-14H,1-3H3. The molecule has 0 aliphatic rings. The average Bonchev–Trinajstić information content (AvgIpc) is 2.67. The van der Waals surface area contributed by atoms with Crippen molar-refractivity contribution in [1.82, 2.24) is 0 Å². The lowest BCUT2D eigenvalue weighted by atomic mass is 10.0. The van der Waals surface area contributed by atoms with E-state index < -0.39 is 0 Å². The highest BCUT2D eigenvalue weighted by molar-refractivity contribution is 8.76. The van der Waals surface area contributed by atoms with Crippen molar-refractivity contribution in [2.24, 2.45) is 0 Å². The largest absolute Gasteiger partial charge is 0.129 e. The number of hydrogen-bond donors (Lipinski definition) is 0. The Morgan fingerprint density at radius 1 is 0.560 bits per heavy atom. The van der Waals surface area contributed by atoms with Crippen LogP contribution in [-0.2, 0) is 0 Å². The molecule has 0 nitrogen and oxygen atoms in total. The van der Waals surface area contributed by atoms with Crippen LogP contribution >= 0.6 is 45.1 Å². The molecule has 0 amide bonds. The Bertz CT molecular complexity index is 858. The second kappa shape index (κ2) is 9.13. The Morgan fingerprint density at radius 3 is 1.88 bits per heavy atom. The lowest BCUT2D eigenvalue weighted by Gasteiger charge is -2.15. The molecule has 0 aliphatic heterocycles. The minimum atomic E-state index is 1.32. The van der Waals surface area contributed by atoms with Crippen molar-refractivity contribution in [3.8, 4) is 11.1 Å². The van der Waals surface area contributed by atoms with Crippen LogP contribution in [0.2, 0.25) is 0 Å². The minimum absolute atomic E-state index is 1.32. The highest BCUT2D eigenvalue weighted by atomic mass is 33.1. The topological polar surface area (TPSA) is 0 Å². The van der Waals surface area contributed by atoms with Crippen molar-refractivity contribution in [1.29, 1.82) is 0 Å². The SMILES string of the molecule is CSc1ccccc1SSc1c(C)cccc1-c1ccccc1SC. The van der Waals surface area contributed by atoms with Gasteiger partial charge in [0, 0.05) is 19.6 Å². The molecule has 4 heteroatoms. The first-order valence-electron chi connectivity index (χ1n) is 7.95. The van der Waals surface area contributed by atoms with Crippen LogP contribution in [0.15, 0.2) is 86.3 Å². The molecule has 0 unspecified atom stereocenters. The molecule has 0 spiro atoms. The summed E-state index contributed by atoms with van der Waals surface area (Å²) in [6.07, 6.45) is 4.28. The average molecular weight is 401 g/mol. The number of aryl methyl sites for hydroxylation is 1. The van der Waals surface area contributed by atoms with Crippen LogP contribution in [0.1, 0.15) is 5.56 Å². The van der Waals surface area contributed by atoms with E-state index in [9.17, 15) is 0 Å². The number of hydrogen-bond acceptors (Lipinski definition) is 4. The summed E-state index contributed by atoms with van der Waals surface area (Å²) in [7, 11) is 3.71. The molecule has 0 heterocycles. The fourth-order valence-electron chi connectivity index (χ4n) is 2.62. The van der Waals surface area contributed by atoms with Gasteiger partial charge in [0.15, 0.2) is 0 Å². The summed E-state index contributed by atoms with van der Waals surface area (Å²) in [6, 6.07) is 23.9. The van der Waals surface area contributed by atoms with E-state index in [0.29, 0.717) is 0 Å². The maximum Gasteiger partial charge on any atom is 0.0322 e. The third kappa shape index (κ3) is 4.43. The van der Waals surface area contributed by atoms with Crippen LogP contribution in [0.4, 0.5) is 0 Å². The van der Waals surface area contributed by atoms with Crippen LogP contribution in [0.5, 0.6) is 0 Å². The van der Waals surface area contributed by atoms with Gasteiger partial charge in [-0.3, -0.25) is 0 Å².